The average Bonchev–Trinajstić information content (AvgIpc) is 4.15. The van der Waals surface area contributed by atoms with E-state index in [0.717, 1.165) is 83.9 Å². The number of oxazole rings is 2. The van der Waals surface area contributed by atoms with Crippen molar-refractivity contribution in [3.8, 4) is 67.4 Å². The Kier molecular flexibility index (Phi) is 11.1. The third-order valence-electron chi connectivity index (χ3n) is 15.2. The predicted molar refractivity (Wildman–Crippen MR) is 316 cm³/mol. The van der Waals surface area contributed by atoms with E-state index in [9.17, 15) is 0 Å². The Morgan fingerprint density at radius 3 is 1.18 bits per heavy atom. The van der Waals surface area contributed by atoms with Crippen LogP contribution < -0.4 is 9.80 Å². The Morgan fingerprint density at radius 2 is 0.688 bits per heavy atom. The summed E-state index contributed by atoms with van der Waals surface area (Å²) in [5.74, 6) is 1.26. The van der Waals surface area contributed by atoms with Crippen molar-refractivity contribution < 1.29 is 8.83 Å². The van der Waals surface area contributed by atoms with Crippen LogP contribution in [0.2, 0.25) is 0 Å². The summed E-state index contributed by atoms with van der Waals surface area (Å²) in [5.41, 5.74) is 23.6. The van der Waals surface area contributed by atoms with Crippen molar-refractivity contribution >= 4 is 56.3 Å². The molecule has 13 aromatic rings. The first-order valence-electron chi connectivity index (χ1n) is 26.1. The number of anilines is 6. The summed E-state index contributed by atoms with van der Waals surface area (Å²) in [5, 5.41) is 0. The maximum absolute atomic E-state index is 6.08. The number of benzene rings is 11. The zero-order valence-electron chi connectivity index (χ0n) is 42.5. The molecule has 0 atom stereocenters. The maximum atomic E-state index is 6.08. The van der Waals surface area contributed by atoms with Crippen molar-refractivity contribution in [2.24, 2.45) is 0 Å². The second-order valence-corrected chi connectivity index (χ2v) is 20.2. The summed E-state index contributed by atoms with van der Waals surface area (Å²) < 4.78 is 12.1. The molecule has 11 aromatic carbocycles. The van der Waals surface area contributed by atoms with Crippen LogP contribution in [-0.2, 0) is 5.41 Å². The number of aromatic nitrogens is 2. The van der Waals surface area contributed by atoms with Gasteiger partial charge in [0.1, 0.15) is 11.0 Å². The first-order valence-corrected chi connectivity index (χ1v) is 26.1. The van der Waals surface area contributed by atoms with Gasteiger partial charge in [0.05, 0.1) is 11.4 Å². The molecule has 2 aromatic heterocycles. The number of nitrogens with zero attached hydrogens (tertiary/aromatic N) is 4. The van der Waals surface area contributed by atoms with Gasteiger partial charge in [0.25, 0.3) is 0 Å². The van der Waals surface area contributed by atoms with Gasteiger partial charge in [-0.15, -0.1) is 0 Å². The molecule has 0 fully saturated rings. The smallest absolute Gasteiger partial charge is 0.227 e. The molecule has 6 nitrogen and oxygen atoms in total. The number of hydrogen-bond donors (Lipinski definition) is 0. The predicted octanol–water partition coefficient (Wildman–Crippen LogP) is 19.5. The molecule has 0 radical (unpaired) electrons. The van der Waals surface area contributed by atoms with E-state index < -0.39 is 0 Å². The maximum Gasteiger partial charge on any atom is 0.227 e. The number of hydrogen-bond acceptors (Lipinski definition) is 6. The van der Waals surface area contributed by atoms with Crippen molar-refractivity contribution in [1.82, 2.24) is 9.97 Å². The standard InChI is InChI=1S/C71H50N4O2/c1-71(2)61-14-6-9-17-65(61)75(66-45-38-56(46-62(66)71)53-26-30-55(31-27-53)70-73-64-16-8-11-19-68(64)77-70)60-43-36-52(37-44-60)48-22-20-47(21-23-48)50-32-39-58(40-33-50)74(57-12-4-3-5-13-57)59-41-34-51(35-42-59)49-24-28-54(29-25-49)69-72-63-15-7-10-18-67(63)76-69/h3-46H,1-2H3. The first kappa shape index (κ1) is 45.6. The minimum atomic E-state index is -0.223. The van der Waals surface area contributed by atoms with E-state index in [-0.39, 0.29) is 5.41 Å². The molecule has 0 saturated heterocycles. The third kappa shape index (κ3) is 8.33. The quantitative estimate of drug-likeness (QED) is 0.136. The lowest BCUT2D eigenvalue weighted by Crippen LogP contribution is -2.30. The summed E-state index contributed by atoms with van der Waals surface area (Å²) in [6.07, 6.45) is 0. The lowest BCUT2D eigenvalue weighted by Gasteiger charge is -2.42. The van der Waals surface area contributed by atoms with Gasteiger partial charge in [-0.3, -0.25) is 0 Å². The van der Waals surface area contributed by atoms with E-state index in [1.54, 1.807) is 0 Å². The topological polar surface area (TPSA) is 58.5 Å². The Bertz CT molecular complexity index is 4190. The normalized spacial score (nSPS) is 12.6. The summed E-state index contributed by atoms with van der Waals surface area (Å²) in [6.45, 7) is 4.68. The van der Waals surface area contributed by atoms with E-state index in [1.807, 2.05) is 48.5 Å². The highest BCUT2D eigenvalue weighted by molar-refractivity contribution is 5.89. The van der Waals surface area contributed by atoms with Gasteiger partial charge in [-0.2, -0.15) is 0 Å². The number of rotatable bonds is 10. The van der Waals surface area contributed by atoms with Crippen LogP contribution in [-0.4, -0.2) is 9.97 Å². The minimum Gasteiger partial charge on any atom is -0.436 e. The van der Waals surface area contributed by atoms with Crippen LogP contribution in [0.15, 0.2) is 276 Å². The van der Waals surface area contributed by atoms with Gasteiger partial charge in [0.2, 0.25) is 11.8 Å². The largest absolute Gasteiger partial charge is 0.436 e. The van der Waals surface area contributed by atoms with Crippen LogP contribution in [0, 0.1) is 0 Å². The van der Waals surface area contributed by atoms with Gasteiger partial charge in [-0.1, -0.05) is 166 Å². The second-order valence-electron chi connectivity index (χ2n) is 20.2. The van der Waals surface area contributed by atoms with Gasteiger partial charge in [0, 0.05) is 39.3 Å². The SMILES string of the molecule is CC1(C)c2ccccc2N(c2ccc(-c3ccc(-c4ccc(N(c5ccccc5)c5ccc(-c6ccc(-c7nc8ccccc8o7)cc6)cc5)cc4)cc3)cc2)c2ccc(-c3ccc(-c4nc5ccccc5o4)cc3)cc21. The molecule has 0 aliphatic carbocycles. The molecular formula is C71H50N4O2. The summed E-state index contributed by atoms with van der Waals surface area (Å²) >= 11 is 0. The third-order valence-corrected chi connectivity index (χ3v) is 15.2. The molecular weight excluding hydrogens is 941 g/mol. The van der Waals surface area contributed by atoms with Crippen molar-refractivity contribution in [3.63, 3.8) is 0 Å². The number of fused-ring (bicyclic) bond motifs is 4. The van der Waals surface area contributed by atoms with Crippen molar-refractivity contribution in [1.29, 1.82) is 0 Å². The van der Waals surface area contributed by atoms with Gasteiger partial charge in [0.15, 0.2) is 11.2 Å². The van der Waals surface area contributed by atoms with E-state index >= 15 is 0 Å². The number of para-hydroxylation sites is 6. The molecule has 0 bridgehead atoms. The van der Waals surface area contributed by atoms with Crippen LogP contribution in [0.3, 0.4) is 0 Å². The van der Waals surface area contributed by atoms with Crippen LogP contribution in [0.1, 0.15) is 25.0 Å². The molecule has 0 spiro atoms. The molecule has 0 N–H and O–H groups in total. The molecule has 3 heterocycles. The lowest BCUT2D eigenvalue weighted by atomic mass is 9.73. The van der Waals surface area contributed by atoms with Crippen LogP contribution >= 0.6 is 0 Å². The van der Waals surface area contributed by atoms with Crippen molar-refractivity contribution in [2.75, 3.05) is 9.80 Å². The van der Waals surface area contributed by atoms with Gasteiger partial charge in [-0.25, -0.2) is 9.97 Å². The van der Waals surface area contributed by atoms with E-state index in [1.165, 1.54) is 39.2 Å². The molecule has 0 saturated carbocycles. The molecule has 1 aliphatic rings. The van der Waals surface area contributed by atoms with Crippen molar-refractivity contribution in [2.45, 2.75) is 19.3 Å². The van der Waals surface area contributed by atoms with Gasteiger partial charge in [-0.05, 0) is 171 Å². The fraction of sp³-hybridized carbons (Fsp3) is 0.0423. The molecule has 0 unspecified atom stereocenters. The Hall–Kier alpha value is -10.0. The fourth-order valence-electron chi connectivity index (χ4n) is 11.1. The van der Waals surface area contributed by atoms with Crippen LogP contribution in [0.5, 0.6) is 0 Å². The molecule has 366 valence electrons. The Balaban J connectivity index is 0.695. The zero-order valence-corrected chi connectivity index (χ0v) is 42.5. The second kappa shape index (κ2) is 18.7. The highest BCUT2D eigenvalue weighted by Gasteiger charge is 2.37. The molecule has 6 heteroatoms. The first-order chi connectivity index (χ1) is 37.9. The fourth-order valence-corrected chi connectivity index (χ4v) is 11.1. The minimum absolute atomic E-state index is 0.223. The highest BCUT2D eigenvalue weighted by atomic mass is 16.4. The summed E-state index contributed by atoms with van der Waals surface area (Å²) in [7, 11) is 0. The zero-order chi connectivity index (χ0) is 51.5. The molecule has 1 aliphatic heterocycles. The van der Waals surface area contributed by atoms with Crippen molar-refractivity contribution in [3.05, 3.63) is 278 Å². The molecule has 0 amide bonds. The monoisotopic (exact) mass is 990 g/mol. The lowest BCUT2D eigenvalue weighted by molar-refractivity contribution is 0.619. The van der Waals surface area contributed by atoms with Crippen LogP contribution in [0.4, 0.5) is 34.1 Å². The average molecular weight is 991 g/mol. The van der Waals surface area contributed by atoms with Gasteiger partial charge < -0.3 is 18.6 Å². The van der Waals surface area contributed by atoms with E-state index in [4.69, 9.17) is 13.8 Å². The summed E-state index contributed by atoms with van der Waals surface area (Å²) in [4.78, 5) is 14.1. The highest BCUT2D eigenvalue weighted by Crippen LogP contribution is 2.53. The molecule has 14 rings (SSSR count). The van der Waals surface area contributed by atoms with Gasteiger partial charge >= 0.3 is 0 Å². The molecule has 77 heavy (non-hydrogen) atoms. The summed E-state index contributed by atoms with van der Waals surface area (Å²) in [6, 6.07) is 94.5. The van der Waals surface area contributed by atoms with E-state index in [2.05, 4.69) is 247 Å². The Labute approximate surface area is 447 Å². The van der Waals surface area contributed by atoms with Crippen LogP contribution in [0.25, 0.3) is 89.6 Å². The Morgan fingerprint density at radius 1 is 0.325 bits per heavy atom. The van der Waals surface area contributed by atoms with E-state index in [0.29, 0.717) is 11.8 Å².